The lowest BCUT2D eigenvalue weighted by atomic mass is 10.0. The Morgan fingerprint density at radius 1 is 0.952 bits per heavy atom. The summed E-state index contributed by atoms with van der Waals surface area (Å²) in [4.78, 5) is 33.4. The maximum absolute atomic E-state index is 11.3. The van der Waals surface area contributed by atoms with Crippen molar-refractivity contribution < 1.29 is 38.1 Å². The fourth-order valence-corrected chi connectivity index (χ4v) is 1.93. The van der Waals surface area contributed by atoms with E-state index in [4.69, 9.17) is 23.7 Å². The van der Waals surface area contributed by atoms with Crippen LogP contribution in [-0.4, -0.2) is 55.7 Å². The normalized spacial score (nSPS) is 29.1. The van der Waals surface area contributed by atoms with E-state index in [2.05, 4.69) is 0 Å². The fraction of sp³-hybridized carbons (Fsp3) is 0.769. The number of rotatable bonds is 4. The van der Waals surface area contributed by atoms with E-state index in [0.717, 1.165) is 0 Å². The van der Waals surface area contributed by atoms with Crippen LogP contribution in [0.4, 0.5) is 0 Å². The van der Waals surface area contributed by atoms with Crippen LogP contribution in [0.5, 0.6) is 0 Å². The molecule has 21 heavy (non-hydrogen) atoms. The van der Waals surface area contributed by atoms with Gasteiger partial charge in [-0.05, 0) is 6.92 Å². The average molecular weight is 304 g/mol. The number of ether oxygens (including phenoxy) is 5. The Balaban J connectivity index is 2.93. The van der Waals surface area contributed by atoms with Crippen molar-refractivity contribution in [3.8, 4) is 0 Å². The zero-order chi connectivity index (χ0) is 16.0. The highest BCUT2D eigenvalue weighted by Gasteiger charge is 2.42. The first kappa shape index (κ1) is 17.4. The second-order valence-corrected chi connectivity index (χ2v) is 4.65. The molecule has 0 aliphatic carbocycles. The predicted octanol–water partition coefficient (Wildman–Crippen LogP) is 0.174. The van der Waals surface area contributed by atoms with Gasteiger partial charge in [-0.3, -0.25) is 14.4 Å². The molecular weight excluding hydrogens is 284 g/mol. The summed E-state index contributed by atoms with van der Waals surface area (Å²) in [6.07, 6.45) is -3.11. The van der Waals surface area contributed by atoms with Crippen molar-refractivity contribution in [2.24, 2.45) is 0 Å². The zero-order valence-electron chi connectivity index (χ0n) is 12.5. The van der Waals surface area contributed by atoms with Crippen molar-refractivity contribution in [1.29, 1.82) is 0 Å². The molecule has 1 heterocycles. The summed E-state index contributed by atoms with van der Waals surface area (Å²) in [5, 5.41) is 0. The van der Waals surface area contributed by atoms with Crippen LogP contribution in [0, 0.1) is 0 Å². The van der Waals surface area contributed by atoms with E-state index >= 15 is 0 Å². The van der Waals surface area contributed by atoms with E-state index in [1.54, 1.807) is 6.92 Å². The van der Waals surface area contributed by atoms with Gasteiger partial charge in [-0.2, -0.15) is 0 Å². The highest BCUT2D eigenvalue weighted by atomic mass is 16.7. The summed E-state index contributed by atoms with van der Waals surface area (Å²) in [6, 6.07) is 0. The lowest BCUT2D eigenvalue weighted by Gasteiger charge is -2.30. The molecule has 0 N–H and O–H groups in total. The third kappa shape index (κ3) is 5.68. The van der Waals surface area contributed by atoms with Crippen LogP contribution in [0.3, 0.4) is 0 Å². The maximum Gasteiger partial charge on any atom is 0.303 e. The molecule has 0 aromatic carbocycles. The minimum atomic E-state index is -0.928. The minimum absolute atomic E-state index is 0.0946. The first-order chi connectivity index (χ1) is 9.81. The molecule has 8 heteroatoms. The molecule has 0 spiro atoms. The second-order valence-electron chi connectivity index (χ2n) is 4.65. The Morgan fingerprint density at radius 2 is 1.52 bits per heavy atom. The Kier molecular flexibility index (Phi) is 6.57. The number of hydrogen-bond acceptors (Lipinski definition) is 8. The second kappa shape index (κ2) is 7.94. The van der Waals surface area contributed by atoms with Gasteiger partial charge < -0.3 is 23.7 Å². The van der Waals surface area contributed by atoms with Crippen LogP contribution in [0.2, 0.25) is 0 Å². The van der Waals surface area contributed by atoms with Crippen LogP contribution in [0.15, 0.2) is 0 Å². The number of carbonyl (C=O) groups excluding carboxylic acids is 3. The molecule has 0 radical (unpaired) electrons. The molecule has 0 saturated carbocycles. The van der Waals surface area contributed by atoms with Gasteiger partial charge in [0.15, 0.2) is 12.2 Å². The summed E-state index contributed by atoms with van der Waals surface area (Å²) < 4.78 is 26.0. The topological polar surface area (TPSA) is 97.4 Å². The zero-order valence-corrected chi connectivity index (χ0v) is 12.5. The average Bonchev–Trinajstić information content (AvgIpc) is 2.48. The van der Waals surface area contributed by atoms with Gasteiger partial charge in [0, 0.05) is 20.8 Å². The molecule has 1 aliphatic rings. The van der Waals surface area contributed by atoms with Crippen LogP contribution in [0.1, 0.15) is 27.7 Å². The largest absolute Gasteiger partial charge is 0.463 e. The lowest BCUT2D eigenvalue weighted by molar-refractivity contribution is -0.181. The quantitative estimate of drug-likeness (QED) is 0.536. The monoisotopic (exact) mass is 304 g/mol. The van der Waals surface area contributed by atoms with E-state index in [-0.39, 0.29) is 13.4 Å². The number of carbonyl (C=O) groups is 3. The van der Waals surface area contributed by atoms with Crippen LogP contribution in [0.25, 0.3) is 0 Å². The maximum atomic E-state index is 11.3. The Morgan fingerprint density at radius 3 is 2.05 bits per heavy atom. The van der Waals surface area contributed by atoms with Gasteiger partial charge in [-0.25, -0.2) is 0 Å². The van der Waals surface area contributed by atoms with E-state index in [9.17, 15) is 14.4 Å². The molecule has 0 aromatic rings. The highest BCUT2D eigenvalue weighted by Crippen LogP contribution is 2.22. The molecule has 1 rings (SSSR count). The van der Waals surface area contributed by atoms with Crippen molar-refractivity contribution in [1.82, 2.24) is 0 Å². The summed E-state index contributed by atoms with van der Waals surface area (Å²) in [6.45, 7) is 5.15. The van der Waals surface area contributed by atoms with Gasteiger partial charge in [0.1, 0.15) is 19.5 Å². The molecule has 0 aromatic heterocycles. The van der Waals surface area contributed by atoms with Crippen LogP contribution in [-0.2, 0) is 38.1 Å². The van der Waals surface area contributed by atoms with Crippen molar-refractivity contribution in [2.75, 3.05) is 13.4 Å². The lowest BCUT2D eigenvalue weighted by Crippen LogP contribution is -2.49. The summed E-state index contributed by atoms with van der Waals surface area (Å²) >= 11 is 0. The van der Waals surface area contributed by atoms with E-state index in [1.165, 1.54) is 20.8 Å². The van der Waals surface area contributed by atoms with E-state index in [0.29, 0.717) is 0 Å². The number of esters is 3. The van der Waals surface area contributed by atoms with Crippen molar-refractivity contribution >= 4 is 17.9 Å². The molecule has 4 atom stereocenters. The Hall–Kier alpha value is -1.67. The Bertz CT molecular complexity index is 394. The molecule has 1 fully saturated rings. The smallest absolute Gasteiger partial charge is 0.303 e. The third-order valence-electron chi connectivity index (χ3n) is 2.82. The molecule has 0 amide bonds. The molecule has 1 aliphatic heterocycles. The third-order valence-corrected chi connectivity index (χ3v) is 2.82. The van der Waals surface area contributed by atoms with Gasteiger partial charge in [0.25, 0.3) is 0 Å². The van der Waals surface area contributed by atoms with Crippen LogP contribution >= 0.6 is 0 Å². The van der Waals surface area contributed by atoms with Crippen molar-refractivity contribution in [2.45, 2.75) is 52.1 Å². The minimum Gasteiger partial charge on any atom is -0.463 e. The fourth-order valence-electron chi connectivity index (χ4n) is 1.93. The molecular formula is C13H20O8. The van der Waals surface area contributed by atoms with E-state index in [1.807, 2.05) is 0 Å². The molecule has 1 saturated heterocycles. The predicted molar refractivity (Wildman–Crippen MR) is 68.0 cm³/mol. The standard InChI is InChI=1S/C13H20O8/c1-7-12(20-9(3)15)13(21-10(4)16)11(19-6-18-7)5-17-8(2)14/h7,11-13H,5-6H2,1-4H3/t7-,11-,12-,13-/m0/s1. The summed E-state index contributed by atoms with van der Waals surface area (Å²) in [7, 11) is 0. The van der Waals surface area contributed by atoms with Crippen LogP contribution < -0.4 is 0 Å². The molecule has 0 unspecified atom stereocenters. The number of hydrogen-bond donors (Lipinski definition) is 0. The Labute approximate surface area is 122 Å². The van der Waals surface area contributed by atoms with Gasteiger partial charge in [-0.15, -0.1) is 0 Å². The van der Waals surface area contributed by atoms with Gasteiger partial charge >= 0.3 is 17.9 Å². The van der Waals surface area contributed by atoms with Gasteiger partial charge in [0.05, 0.1) is 6.10 Å². The first-order valence-corrected chi connectivity index (χ1v) is 6.52. The molecule has 0 bridgehead atoms. The SMILES string of the molecule is CC(=O)OC[C@@H]1OCO[C@@H](C)[C@H](OC(C)=O)[C@H]1OC(C)=O. The first-order valence-electron chi connectivity index (χ1n) is 6.52. The summed E-state index contributed by atoms with van der Waals surface area (Å²) in [5.74, 6) is -1.61. The molecule has 120 valence electrons. The summed E-state index contributed by atoms with van der Waals surface area (Å²) in [5.41, 5.74) is 0. The van der Waals surface area contributed by atoms with E-state index < -0.39 is 42.3 Å². The van der Waals surface area contributed by atoms with Gasteiger partial charge in [0.2, 0.25) is 0 Å². The van der Waals surface area contributed by atoms with Crippen molar-refractivity contribution in [3.63, 3.8) is 0 Å². The highest BCUT2D eigenvalue weighted by molar-refractivity contribution is 5.67. The van der Waals surface area contributed by atoms with Gasteiger partial charge in [-0.1, -0.05) is 0 Å². The van der Waals surface area contributed by atoms with Crippen molar-refractivity contribution in [3.05, 3.63) is 0 Å². The molecule has 8 nitrogen and oxygen atoms in total.